The van der Waals surface area contributed by atoms with Gasteiger partial charge in [-0.2, -0.15) is 0 Å². The van der Waals surface area contributed by atoms with Crippen LogP contribution in [0.4, 0.5) is 0 Å². The topological polar surface area (TPSA) is 0 Å². The molecule has 5 aliphatic carbocycles. The van der Waals surface area contributed by atoms with E-state index in [9.17, 15) is 0 Å². The summed E-state index contributed by atoms with van der Waals surface area (Å²) in [6.45, 7) is 0. The van der Waals surface area contributed by atoms with Crippen LogP contribution >= 0.6 is 186 Å². The Balaban J connectivity index is 1.86. The van der Waals surface area contributed by atoms with Gasteiger partial charge in [0, 0.05) is 23.7 Å². The van der Waals surface area contributed by atoms with E-state index in [1.165, 1.54) is 0 Å². The zero-order valence-corrected chi connectivity index (χ0v) is 28.5. The molecule has 5 aliphatic rings. The van der Waals surface area contributed by atoms with Gasteiger partial charge in [-0.15, -0.1) is 46.4 Å². The van der Waals surface area contributed by atoms with Gasteiger partial charge in [-0.05, 0) is 11.1 Å². The van der Waals surface area contributed by atoms with Gasteiger partial charge in [-0.25, -0.2) is 0 Å². The van der Waals surface area contributed by atoms with Crippen LogP contribution in [0.15, 0.2) is 20.1 Å². The van der Waals surface area contributed by atoms with Gasteiger partial charge in [0.15, 0.2) is 8.67 Å². The number of benzene rings is 1. The van der Waals surface area contributed by atoms with Gasteiger partial charge in [-0.3, -0.25) is 0 Å². The first-order chi connectivity index (χ1) is 16.3. The zero-order valence-electron chi connectivity index (χ0n) is 16.4. The lowest BCUT2D eigenvalue weighted by molar-refractivity contribution is 0.201. The summed E-state index contributed by atoms with van der Waals surface area (Å²) in [5.41, 5.74) is 0.593. The number of allylic oxidation sites excluding steroid dienone is 4. The molecule has 4 bridgehead atoms. The molecule has 0 amide bonds. The van der Waals surface area contributed by atoms with Gasteiger partial charge in [0.2, 0.25) is 0 Å². The molecule has 0 N–H and O–H groups in total. The Morgan fingerprint density at radius 3 is 0.889 bits per heavy atom. The van der Waals surface area contributed by atoms with Crippen LogP contribution in [-0.4, -0.2) is 28.2 Å². The van der Waals surface area contributed by atoms with E-state index in [4.69, 9.17) is 186 Å². The van der Waals surface area contributed by atoms with Gasteiger partial charge < -0.3 is 0 Å². The summed E-state index contributed by atoms with van der Waals surface area (Å²) in [7, 11) is 0. The first-order valence-corrected chi connectivity index (χ1v) is 15.8. The summed E-state index contributed by atoms with van der Waals surface area (Å²) in [4.78, 5) is -7.28. The van der Waals surface area contributed by atoms with Crippen LogP contribution in [0.2, 0.25) is 20.1 Å². The normalized spacial score (nSPS) is 47.0. The van der Waals surface area contributed by atoms with Gasteiger partial charge in [0.1, 0.15) is 19.5 Å². The van der Waals surface area contributed by atoms with E-state index < -0.39 is 51.8 Å². The van der Waals surface area contributed by atoms with E-state index in [-0.39, 0.29) is 40.2 Å². The van der Waals surface area contributed by atoms with Crippen molar-refractivity contribution in [2.24, 2.45) is 11.8 Å². The third-order valence-corrected chi connectivity index (χ3v) is 18.7. The summed E-state index contributed by atoms with van der Waals surface area (Å²) in [5.74, 6) is -3.84. The number of fused-ring (bicyclic) bond motifs is 14. The van der Waals surface area contributed by atoms with Crippen LogP contribution < -0.4 is 0 Å². The van der Waals surface area contributed by atoms with Gasteiger partial charge in [0.25, 0.3) is 0 Å². The predicted molar refractivity (Wildman–Crippen MR) is 160 cm³/mol. The van der Waals surface area contributed by atoms with Crippen molar-refractivity contribution >= 4 is 186 Å². The van der Waals surface area contributed by atoms with Crippen molar-refractivity contribution < 1.29 is 0 Å². The quantitative estimate of drug-likeness (QED) is 0.139. The third kappa shape index (κ3) is 2.54. The van der Waals surface area contributed by atoms with Crippen molar-refractivity contribution in [1.82, 2.24) is 0 Å². The highest BCUT2D eigenvalue weighted by Crippen LogP contribution is 2.89. The van der Waals surface area contributed by atoms with Crippen molar-refractivity contribution in [1.29, 1.82) is 0 Å². The maximum Gasteiger partial charge on any atom is 0.167 e. The van der Waals surface area contributed by atoms with E-state index in [2.05, 4.69) is 0 Å². The molecule has 0 unspecified atom stereocenters. The summed E-state index contributed by atoms with van der Waals surface area (Å²) < 4.78 is -4.01. The highest BCUT2D eigenvalue weighted by molar-refractivity contribution is 6.68. The van der Waals surface area contributed by atoms with Crippen molar-refractivity contribution in [3.63, 3.8) is 0 Å². The fourth-order valence-electron chi connectivity index (χ4n) is 6.99. The molecule has 6 rings (SSSR count). The molecule has 196 valence electrons. The number of rotatable bonds is 0. The SMILES string of the molecule is ClC1=C(Cl)[C@]2(Cl)[C@H]3[C@H]4[C@@H](c5c(Cl)c(Cl)c(Cl)c(Cl)c5[C@H]3[C@@]1(Cl)C2(Cl)Cl)[C@@]1(Cl)C(Cl)=C(Cl)[C@]4(Cl)C1(Cl)Cl. The van der Waals surface area contributed by atoms with Crippen LogP contribution in [0.3, 0.4) is 0 Å². The lowest BCUT2D eigenvalue weighted by Crippen LogP contribution is -2.53. The molecule has 2 saturated carbocycles. The minimum Gasteiger partial charge on any atom is -0.109 e. The van der Waals surface area contributed by atoms with Gasteiger partial charge >= 0.3 is 0 Å². The summed E-state index contributed by atoms with van der Waals surface area (Å²) in [6.07, 6.45) is 0. The molecule has 8 atom stereocenters. The van der Waals surface area contributed by atoms with Crippen molar-refractivity contribution in [3.05, 3.63) is 51.3 Å². The first kappa shape index (κ1) is 29.4. The Bertz CT molecular complexity index is 1280. The number of hydrogen-bond donors (Lipinski definition) is 0. The predicted octanol–water partition coefficient (Wildman–Crippen LogP) is 12.4. The molecular weight excluding hydrogens is 807 g/mol. The molecule has 16 heteroatoms. The molecule has 0 aliphatic heterocycles. The van der Waals surface area contributed by atoms with E-state index in [1.807, 2.05) is 0 Å². The molecule has 0 nitrogen and oxygen atoms in total. The second kappa shape index (κ2) is 8.08. The zero-order chi connectivity index (χ0) is 27.1. The Kier molecular flexibility index (Phi) is 6.60. The summed E-state index contributed by atoms with van der Waals surface area (Å²) in [5, 5.41) is -0.425. The Morgan fingerprint density at radius 1 is 0.361 bits per heavy atom. The Morgan fingerprint density at radius 2 is 0.611 bits per heavy atom. The highest BCUT2D eigenvalue weighted by atomic mass is 35.5. The van der Waals surface area contributed by atoms with Crippen molar-refractivity contribution in [3.8, 4) is 0 Å². The smallest absolute Gasteiger partial charge is 0.109 e. The van der Waals surface area contributed by atoms with Crippen molar-refractivity contribution in [2.75, 3.05) is 0 Å². The molecule has 0 aromatic heterocycles. The maximum absolute atomic E-state index is 7.28. The largest absolute Gasteiger partial charge is 0.167 e. The van der Waals surface area contributed by atoms with Crippen LogP contribution in [-0.2, 0) is 0 Å². The fourth-order valence-corrected chi connectivity index (χ4v) is 14.2. The van der Waals surface area contributed by atoms with Gasteiger partial charge in [-0.1, -0.05) is 139 Å². The lowest BCUT2D eigenvalue weighted by Gasteiger charge is -2.53. The summed E-state index contributed by atoms with van der Waals surface area (Å²) >= 11 is 110. The Hall–Kier alpha value is 3.34. The average Bonchev–Trinajstić information content (AvgIpc) is 3.15. The lowest BCUT2D eigenvalue weighted by atomic mass is 9.57. The molecule has 1 aromatic carbocycles. The monoisotopic (exact) mass is 804 g/mol. The molecule has 0 heterocycles. The minimum absolute atomic E-state index is 0.000290. The minimum atomic E-state index is -2.00. The van der Waals surface area contributed by atoms with E-state index in [1.54, 1.807) is 0 Å². The average molecular weight is 811 g/mol. The number of halogens is 16. The highest BCUT2D eigenvalue weighted by Gasteiger charge is 2.92. The van der Waals surface area contributed by atoms with Crippen LogP contribution in [0.1, 0.15) is 23.0 Å². The molecule has 2 fully saturated rings. The molecule has 0 spiro atoms. The standard InChI is InChI=1S/C20H4Cl16/c21-7-1-2(8(22)10(24)9(7)23)4-6(18(32)14(28)12(26)16(4,30)20(18,35)36)5-3(1)15(29)11(25)13(27)17(5,31)19(15,33)34/h3-6H/t3-,4-,5-,6-,15-,16+,17+,18-/m1/s1. The molecule has 0 saturated heterocycles. The first-order valence-electron chi connectivity index (χ1n) is 9.76. The molecule has 0 radical (unpaired) electrons. The van der Waals surface area contributed by atoms with Crippen molar-refractivity contribution in [2.45, 2.75) is 40.0 Å². The number of hydrogen-bond acceptors (Lipinski definition) is 0. The van der Waals surface area contributed by atoms with Gasteiger partial charge in [0.05, 0.1) is 40.2 Å². The molecular formula is C20H4Cl16. The van der Waals surface area contributed by atoms with E-state index in [0.29, 0.717) is 11.1 Å². The number of alkyl halides is 8. The van der Waals surface area contributed by atoms with Crippen LogP contribution in [0.5, 0.6) is 0 Å². The van der Waals surface area contributed by atoms with Crippen LogP contribution in [0, 0.1) is 11.8 Å². The third-order valence-electron chi connectivity index (χ3n) is 8.34. The van der Waals surface area contributed by atoms with E-state index >= 15 is 0 Å². The second-order valence-corrected chi connectivity index (χ2v) is 17.4. The maximum atomic E-state index is 7.28. The molecule has 36 heavy (non-hydrogen) atoms. The van der Waals surface area contributed by atoms with Crippen LogP contribution in [0.25, 0.3) is 0 Å². The second-order valence-electron chi connectivity index (χ2n) is 9.34. The summed E-state index contributed by atoms with van der Waals surface area (Å²) in [6, 6.07) is 0. The van der Waals surface area contributed by atoms with E-state index in [0.717, 1.165) is 0 Å². The Labute approximate surface area is 285 Å². The fraction of sp³-hybridized carbons (Fsp3) is 0.500. The molecule has 1 aromatic rings.